The van der Waals surface area contributed by atoms with E-state index in [-0.39, 0.29) is 6.61 Å². The maximum atomic E-state index is 5.48. The molecule has 2 aromatic heterocycles. The minimum absolute atomic E-state index is 0.213. The quantitative estimate of drug-likeness (QED) is 0.745. The number of para-hydroxylation sites is 1. The van der Waals surface area contributed by atoms with Gasteiger partial charge >= 0.3 is 0 Å². The summed E-state index contributed by atoms with van der Waals surface area (Å²) in [5.41, 5.74) is 0. The van der Waals surface area contributed by atoms with Crippen LogP contribution in [0.1, 0.15) is 5.89 Å². The van der Waals surface area contributed by atoms with Crippen LogP contribution < -0.4 is 4.74 Å². The maximum Gasteiger partial charge on any atom is 0.264 e. The molecule has 0 fully saturated rings. The Morgan fingerprint density at radius 1 is 1.22 bits per heavy atom. The van der Waals surface area contributed by atoms with Gasteiger partial charge < -0.3 is 9.26 Å². The summed E-state index contributed by atoms with van der Waals surface area (Å²) in [5.74, 6) is 1.95. The topological polar surface area (TPSA) is 89.7 Å². The lowest BCUT2D eigenvalue weighted by Gasteiger charge is -2.00. The van der Waals surface area contributed by atoms with Gasteiger partial charge in [0.05, 0.1) is 0 Å². The summed E-state index contributed by atoms with van der Waals surface area (Å²) in [7, 11) is 0. The molecule has 1 aromatic carbocycles. The summed E-state index contributed by atoms with van der Waals surface area (Å²) in [6, 6.07) is 9.41. The summed E-state index contributed by atoms with van der Waals surface area (Å²) in [4.78, 5) is 8.06. The molecule has 0 aliphatic rings. The first kappa shape index (κ1) is 10.5. The van der Waals surface area contributed by atoms with Crippen molar-refractivity contribution >= 4 is 0 Å². The van der Waals surface area contributed by atoms with Crippen molar-refractivity contribution in [3.05, 3.63) is 42.5 Å². The highest BCUT2D eigenvalue weighted by molar-refractivity contribution is 5.39. The second-order valence-corrected chi connectivity index (χ2v) is 3.45. The van der Waals surface area contributed by atoms with Crippen molar-refractivity contribution in [2.75, 3.05) is 0 Å². The van der Waals surface area contributed by atoms with E-state index in [1.54, 1.807) is 0 Å². The van der Waals surface area contributed by atoms with E-state index in [9.17, 15) is 0 Å². The first-order chi connectivity index (χ1) is 8.92. The van der Waals surface area contributed by atoms with Crippen LogP contribution in [-0.4, -0.2) is 25.3 Å². The molecule has 0 radical (unpaired) electrons. The predicted molar refractivity (Wildman–Crippen MR) is 60.4 cm³/mol. The molecule has 0 atom stereocenters. The van der Waals surface area contributed by atoms with Crippen LogP contribution in [-0.2, 0) is 6.61 Å². The molecule has 0 amide bonds. The Kier molecular flexibility index (Phi) is 2.71. The largest absolute Gasteiger partial charge is 0.484 e. The number of nitrogens with one attached hydrogen (secondary N) is 1. The van der Waals surface area contributed by atoms with E-state index in [0.717, 1.165) is 5.75 Å². The Morgan fingerprint density at radius 2 is 2.11 bits per heavy atom. The molecule has 0 bridgehead atoms. The molecule has 2 heterocycles. The first-order valence-corrected chi connectivity index (χ1v) is 5.28. The summed E-state index contributed by atoms with van der Waals surface area (Å²) < 4.78 is 10.5. The molecule has 1 N–H and O–H groups in total. The molecule has 0 saturated heterocycles. The Bertz CT molecular complexity index is 605. The second-order valence-electron chi connectivity index (χ2n) is 3.45. The molecule has 3 aromatic rings. The van der Waals surface area contributed by atoms with Gasteiger partial charge in [-0.25, -0.2) is 4.98 Å². The number of hydrogen-bond acceptors (Lipinski definition) is 6. The van der Waals surface area contributed by atoms with E-state index >= 15 is 0 Å². The highest BCUT2D eigenvalue weighted by Gasteiger charge is 2.11. The van der Waals surface area contributed by atoms with Gasteiger partial charge in [-0.2, -0.15) is 10.1 Å². The van der Waals surface area contributed by atoms with Gasteiger partial charge in [-0.05, 0) is 12.1 Å². The Balaban J connectivity index is 1.68. The SMILES string of the molecule is c1ccc(OCc2nc(-c3ncn[nH]3)no2)cc1. The summed E-state index contributed by atoms with van der Waals surface area (Å²) >= 11 is 0. The monoisotopic (exact) mass is 243 g/mol. The molecule has 0 aliphatic heterocycles. The molecule has 3 rings (SSSR count). The van der Waals surface area contributed by atoms with Crippen LogP contribution in [0.4, 0.5) is 0 Å². The second kappa shape index (κ2) is 4.66. The number of nitrogens with zero attached hydrogens (tertiary/aromatic N) is 4. The van der Waals surface area contributed by atoms with Gasteiger partial charge in [0.15, 0.2) is 12.4 Å². The smallest absolute Gasteiger partial charge is 0.264 e. The number of benzene rings is 1. The molecule has 7 nitrogen and oxygen atoms in total. The van der Waals surface area contributed by atoms with Crippen molar-refractivity contribution in [1.82, 2.24) is 25.3 Å². The molecule has 0 unspecified atom stereocenters. The molecular formula is C11H9N5O2. The highest BCUT2D eigenvalue weighted by Crippen LogP contribution is 2.13. The van der Waals surface area contributed by atoms with Crippen LogP contribution >= 0.6 is 0 Å². The molecular weight excluding hydrogens is 234 g/mol. The number of rotatable bonds is 4. The first-order valence-electron chi connectivity index (χ1n) is 5.28. The zero-order valence-electron chi connectivity index (χ0n) is 9.28. The fourth-order valence-electron chi connectivity index (χ4n) is 1.38. The third-order valence-electron chi connectivity index (χ3n) is 2.20. The lowest BCUT2D eigenvalue weighted by Crippen LogP contribution is -1.95. The van der Waals surface area contributed by atoms with Gasteiger partial charge in [-0.15, -0.1) is 0 Å². The van der Waals surface area contributed by atoms with E-state index in [2.05, 4.69) is 25.3 Å². The van der Waals surface area contributed by atoms with Gasteiger partial charge in [0.2, 0.25) is 5.82 Å². The van der Waals surface area contributed by atoms with Gasteiger partial charge in [0, 0.05) is 0 Å². The Labute approximate surface area is 102 Å². The van der Waals surface area contributed by atoms with E-state index < -0.39 is 0 Å². The number of aromatic amines is 1. The van der Waals surface area contributed by atoms with Crippen molar-refractivity contribution in [1.29, 1.82) is 0 Å². The average molecular weight is 243 g/mol. The molecule has 0 saturated carbocycles. The molecule has 0 spiro atoms. The van der Waals surface area contributed by atoms with Crippen molar-refractivity contribution in [3.8, 4) is 17.4 Å². The van der Waals surface area contributed by atoms with Crippen LogP contribution in [0.3, 0.4) is 0 Å². The zero-order chi connectivity index (χ0) is 12.2. The molecule has 0 aliphatic carbocycles. The maximum absolute atomic E-state index is 5.48. The minimum atomic E-state index is 0.213. The van der Waals surface area contributed by atoms with Crippen molar-refractivity contribution in [3.63, 3.8) is 0 Å². The van der Waals surface area contributed by atoms with Crippen LogP contribution in [0.5, 0.6) is 5.75 Å². The minimum Gasteiger partial charge on any atom is -0.484 e. The lowest BCUT2D eigenvalue weighted by atomic mass is 10.3. The molecule has 18 heavy (non-hydrogen) atoms. The van der Waals surface area contributed by atoms with Gasteiger partial charge in [0.1, 0.15) is 12.1 Å². The third-order valence-corrected chi connectivity index (χ3v) is 2.20. The van der Waals surface area contributed by atoms with Crippen molar-refractivity contribution in [2.24, 2.45) is 0 Å². The number of hydrogen-bond donors (Lipinski definition) is 1. The van der Waals surface area contributed by atoms with Gasteiger partial charge in [-0.1, -0.05) is 23.4 Å². The van der Waals surface area contributed by atoms with E-state index in [0.29, 0.717) is 17.5 Å². The molecule has 90 valence electrons. The zero-order valence-corrected chi connectivity index (χ0v) is 9.28. The van der Waals surface area contributed by atoms with Gasteiger partial charge in [0.25, 0.3) is 5.89 Å². The van der Waals surface area contributed by atoms with Crippen molar-refractivity contribution in [2.45, 2.75) is 6.61 Å². The van der Waals surface area contributed by atoms with E-state index in [1.165, 1.54) is 6.33 Å². The van der Waals surface area contributed by atoms with Crippen LogP contribution in [0.15, 0.2) is 41.2 Å². The summed E-state index contributed by atoms with van der Waals surface area (Å²) in [6.07, 6.45) is 1.38. The van der Waals surface area contributed by atoms with Gasteiger partial charge in [-0.3, -0.25) is 5.10 Å². The lowest BCUT2D eigenvalue weighted by molar-refractivity contribution is 0.243. The average Bonchev–Trinajstić information content (AvgIpc) is 3.08. The number of H-pyrrole nitrogens is 1. The summed E-state index contributed by atoms with van der Waals surface area (Å²) in [6.45, 7) is 0.213. The standard InChI is InChI=1S/C11H9N5O2/c1-2-4-8(5-3-1)17-6-9-14-11(16-18-9)10-12-7-13-15-10/h1-5,7H,6H2,(H,12,13,15). The predicted octanol–water partition coefficient (Wildman–Crippen LogP) is 1.43. The fraction of sp³-hybridized carbons (Fsp3) is 0.0909. The van der Waals surface area contributed by atoms with E-state index in [4.69, 9.17) is 9.26 Å². The summed E-state index contributed by atoms with van der Waals surface area (Å²) in [5, 5.41) is 10.1. The van der Waals surface area contributed by atoms with Crippen LogP contribution in [0, 0.1) is 0 Å². The highest BCUT2D eigenvalue weighted by atomic mass is 16.5. The Hall–Kier alpha value is -2.70. The van der Waals surface area contributed by atoms with Crippen molar-refractivity contribution < 1.29 is 9.26 Å². The third kappa shape index (κ3) is 2.19. The molecule has 7 heteroatoms. The van der Waals surface area contributed by atoms with Crippen LogP contribution in [0.25, 0.3) is 11.6 Å². The number of aromatic nitrogens is 5. The fourth-order valence-corrected chi connectivity index (χ4v) is 1.38. The number of ether oxygens (including phenoxy) is 1. The normalized spacial score (nSPS) is 10.4. The Morgan fingerprint density at radius 3 is 2.89 bits per heavy atom. The van der Waals surface area contributed by atoms with Crippen LogP contribution in [0.2, 0.25) is 0 Å². The van der Waals surface area contributed by atoms with E-state index in [1.807, 2.05) is 30.3 Å².